The van der Waals surface area contributed by atoms with Gasteiger partial charge in [0.05, 0.1) is 0 Å². The molecule has 0 aliphatic carbocycles. The fraction of sp³-hybridized carbons (Fsp3) is 0.600. The molecule has 0 aromatic rings. The highest BCUT2D eigenvalue weighted by molar-refractivity contribution is 5.19. The summed E-state index contributed by atoms with van der Waals surface area (Å²) in [4.78, 5) is 0. The van der Waals surface area contributed by atoms with Gasteiger partial charge in [-0.1, -0.05) is 11.6 Å². The van der Waals surface area contributed by atoms with Crippen molar-refractivity contribution in [3.63, 3.8) is 0 Å². The molecule has 0 radical (unpaired) electrons. The average Bonchev–Trinajstić information content (AvgIpc) is 1.85. The molecule has 0 atom stereocenters. The fourth-order valence-electron chi connectivity index (χ4n) is 0.922. The molecule has 1 nitrogen and oxygen atoms in total. The van der Waals surface area contributed by atoms with Gasteiger partial charge >= 0.3 is 0 Å². The smallest absolute Gasteiger partial charge is 0.0201 e. The summed E-state index contributed by atoms with van der Waals surface area (Å²) in [7, 11) is 0. The van der Waals surface area contributed by atoms with Crippen LogP contribution in [0.2, 0.25) is 0 Å². The summed E-state index contributed by atoms with van der Waals surface area (Å²) in [6.45, 7) is 10.5. The third-order valence-electron chi connectivity index (χ3n) is 1.42. The van der Waals surface area contributed by atoms with Crippen molar-refractivity contribution < 1.29 is 0 Å². The zero-order valence-electron chi connectivity index (χ0n) is 8.23. The van der Waals surface area contributed by atoms with Crippen molar-refractivity contribution in [2.24, 2.45) is 0 Å². The van der Waals surface area contributed by atoms with E-state index in [1.165, 1.54) is 11.3 Å². The zero-order chi connectivity index (χ0) is 8.85. The lowest BCUT2D eigenvalue weighted by Gasteiger charge is -2.09. The van der Waals surface area contributed by atoms with Crippen molar-refractivity contribution in [1.29, 1.82) is 0 Å². The largest absolute Gasteiger partial charge is 0.386 e. The van der Waals surface area contributed by atoms with Crippen LogP contribution in [0.15, 0.2) is 23.4 Å². The van der Waals surface area contributed by atoms with Gasteiger partial charge < -0.3 is 5.32 Å². The highest BCUT2D eigenvalue weighted by Crippen LogP contribution is 1.99. The zero-order valence-corrected chi connectivity index (χ0v) is 8.23. The molecule has 0 saturated carbocycles. The van der Waals surface area contributed by atoms with Gasteiger partial charge in [0.15, 0.2) is 0 Å². The molecule has 0 aliphatic rings. The van der Waals surface area contributed by atoms with Crippen molar-refractivity contribution in [3.05, 3.63) is 23.4 Å². The van der Waals surface area contributed by atoms with Gasteiger partial charge in [0.1, 0.15) is 0 Å². The monoisotopic (exact) mass is 153 g/mol. The van der Waals surface area contributed by atoms with Crippen LogP contribution < -0.4 is 5.32 Å². The van der Waals surface area contributed by atoms with Gasteiger partial charge in [0.25, 0.3) is 0 Å². The molecule has 0 aromatic carbocycles. The number of rotatable bonds is 3. The summed E-state index contributed by atoms with van der Waals surface area (Å²) in [6, 6.07) is 0.524. The topological polar surface area (TPSA) is 12.0 Å². The van der Waals surface area contributed by atoms with E-state index in [0.29, 0.717) is 6.04 Å². The summed E-state index contributed by atoms with van der Waals surface area (Å²) in [5.41, 5.74) is 2.53. The summed E-state index contributed by atoms with van der Waals surface area (Å²) < 4.78 is 0. The first-order valence-corrected chi connectivity index (χ1v) is 4.14. The van der Waals surface area contributed by atoms with E-state index in [1.54, 1.807) is 0 Å². The maximum Gasteiger partial charge on any atom is 0.0201 e. The van der Waals surface area contributed by atoms with Gasteiger partial charge in [0, 0.05) is 11.7 Å². The SMILES string of the molecule is C/C=C(C)\C=C(/C)NC(C)C. The standard InChI is InChI=1S/C10H19N/c1-6-9(4)7-10(5)11-8(2)3/h6-8,11H,1-5H3/b9-6-,10-7+. The average molecular weight is 153 g/mol. The van der Waals surface area contributed by atoms with Crippen LogP contribution in [-0.4, -0.2) is 6.04 Å². The Morgan fingerprint density at radius 1 is 1.27 bits per heavy atom. The predicted octanol–water partition coefficient (Wildman–Crippen LogP) is 2.85. The first kappa shape index (κ1) is 10.3. The van der Waals surface area contributed by atoms with E-state index < -0.39 is 0 Å². The quantitative estimate of drug-likeness (QED) is 0.615. The summed E-state index contributed by atoms with van der Waals surface area (Å²) in [5.74, 6) is 0. The maximum atomic E-state index is 3.33. The summed E-state index contributed by atoms with van der Waals surface area (Å²) in [6.07, 6.45) is 4.26. The number of hydrogen-bond donors (Lipinski definition) is 1. The third-order valence-corrected chi connectivity index (χ3v) is 1.42. The second-order valence-electron chi connectivity index (χ2n) is 3.16. The van der Waals surface area contributed by atoms with Gasteiger partial charge in [-0.05, 0) is 40.7 Å². The van der Waals surface area contributed by atoms with Gasteiger partial charge in [-0.2, -0.15) is 0 Å². The Balaban J connectivity index is 4.01. The number of hydrogen-bond acceptors (Lipinski definition) is 1. The van der Waals surface area contributed by atoms with Crippen LogP contribution in [0.3, 0.4) is 0 Å². The molecule has 0 bridgehead atoms. The van der Waals surface area contributed by atoms with Crippen LogP contribution in [0, 0.1) is 0 Å². The van der Waals surface area contributed by atoms with Crippen LogP contribution in [0.5, 0.6) is 0 Å². The van der Waals surface area contributed by atoms with Gasteiger partial charge in [-0.25, -0.2) is 0 Å². The highest BCUT2D eigenvalue weighted by atomic mass is 14.9. The van der Waals surface area contributed by atoms with E-state index in [2.05, 4.69) is 52.1 Å². The first-order chi connectivity index (χ1) is 5.06. The van der Waals surface area contributed by atoms with E-state index >= 15 is 0 Å². The lowest BCUT2D eigenvalue weighted by molar-refractivity contribution is 0.669. The van der Waals surface area contributed by atoms with E-state index in [4.69, 9.17) is 0 Å². The molecule has 11 heavy (non-hydrogen) atoms. The molecular formula is C10H19N. The first-order valence-electron chi connectivity index (χ1n) is 4.14. The van der Waals surface area contributed by atoms with Crippen LogP contribution in [0.1, 0.15) is 34.6 Å². The molecule has 0 fully saturated rings. The fourth-order valence-corrected chi connectivity index (χ4v) is 0.922. The van der Waals surface area contributed by atoms with Crippen molar-refractivity contribution in [1.82, 2.24) is 5.32 Å². The molecule has 1 heteroatoms. The molecule has 0 spiro atoms. The third kappa shape index (κ3) is 5.71. The molecule has 0 heterocycles. The van der Waals surface area contributed by atoms with E-state index in [1.807, 2.05) is 0 Å². The van der Waals surface area contributed by atoms with Crippen LogP contribution in [-0.2, 0) is 0 Å². The second-order valence-corrected chi connectivity index (χ2v) is 3.16. The van der Waals surface area contributed by atoms with E-state index in [9.17, 15) is 0 Å². The molecule has 1 N–H and O–H groups in total. The molecule has 64 valence electrons. The number of nitrogens with one attached hydrogen (secondary N) is 1. The van der Waals surface area contributed by atoms with Gasteiger partial charge in [-0.15, -0.1) is 0 Å². The minimum absolute atomic E-state index is 0.524. The molecule has 0 aromatic heterocycles. The van der Waals surface area contributed by atoms with Crippen molar-refractivity contribution in [2.75, 3.05) is 0 Å². The lowest BCUT2D eigenvalue weighted by Crippen LogP contribution is -2.20. The van der Waals surface area contributed by atoms with Crippen molar-refractivity contribution >= 4 is 0 Å². The molecule has 0 saturated heterocycles. The van der Waals surface area contributed by atoms with Crippen molar-refractivity contribution in [3.8, 4) is 0 Å². The molecule has 0 unspecified atom stereocenters. The van der Waals surface area contributed by atoms with E-state index in [-0.39, 0.29) is 0 Å². The van der Waals surface area contributed by atoms with Crippen LogP contribution in [0.25, 0.3) is 0 Å². The van der Waals surface area contributed by atoms with Crippen LogP contribution >= 0.6 is 0 Å². The maximum absolute atomic E-state index is 3.33. The summed E-state index contributed by atoms with van der Waals surface area (Å²) >= 11 is 0. The predicted molar refractivity (Wildman–Crippen MR) is 51.5 cm³/mol. The minimum atomic E-state index is 0.524. The molecule has 0 amide bonds. The molecule has 0 rings (SSSR count). The Morgan fingerprint density at radius 3 is 2.18 bits per heavy atom. The Morgan fingerprint density at radius 2 is 1.82 bits per heavy atom. The van der Waals surface area contributed by atoms with Crippen molar-refractivity contribution in [2.45, 2.75) is 40.7 Å². The number of allylic oxidation sites excluding steroid dienone is 4. The van der Waals surface area contributed by atoms with E-state index in [0.717, 1.165) is 0 Å². The van der Waals surface area contributed by atoms with Gasteiger partial charge in [-0.3, -0.25) is 0 Å². The Labute approximate surface area is 70.2 Å². The molecular weight excluding hydrogens is 134 g/mol. The lowest BCUT2D eigenvalue weighted by atomic mass is 10.2. The van der Waals surface area contributed by atoms with Gasteiger partial charge in [0.2, 0.25) is 0 Å². The Hall–Kier alpha value is -0.720. The normalized spacial score (nSPS) is 14.0. The summed E-state index contributed by atoms with van der Waals surface area (Å²) in [5, 5.41) is 3.33. The second kappa shape index (κ2) is 5.00. The highest BCUT2D eigenvalue weighted by Gasteiger charge is 1.91. The Bertz CT molecular complexity index is 164. The molecule has 0 aliphatic heterocycles. The Kier molecular flexibility index (Phi) is 4.67. The van der Waals surface area contributed by atoms with Crippen LogP contribution in [0.4, 0.5) is 0 Å². The minimum Gasteiger partial charge on any atom is -0.386 e.